The van der Waals surface area contributed by atoms with E-state index >= 15 is 0 Å². The number of benzene rings is 1. The SMILES string of the molecule is O=[N+]([O-])c1cc(S(=O)(=O)Cl)c(F)cc1OC/C(Cl)=C/Cl. The highest BCUT2D eigenvalue weighted by Crippen LogP contribution is 2.33. The molecule has 0 amide bonds. The Kier molecular flexibility index (Phi) is 5.58. The van der Waals surface area contributed by atoms with Gasteiger partial charge in [-0.25, -0.2) is 12.8 Å². The standard InChI is InChI=1S/C9H5Cl3FNO5S/c10-3-5(11)4-19-8-1-6(13)9(20(12,17)18)2-7(8)14(15)16/h1-3H,4H2/b5-3-. The molecule has 0 aliphatic rings. The van der Waals surface area contributed by atoms with Crippen molar-refractivity contribution >= 4 is 48.6 Å². The summed E-state index contributed by atoms with van der Waals surface area (Å²) in [6.45, 7) is -0.349. The largest absolute Gasteiger partial charge is 0.481 e. The van der Waals surface area contributed by atoms with Crippen molar-refractivity contribution in [2.75, 3.05) is 6.61 Å². The summed E-state index contributed by atoms with van der Waals surface area (Å²) >= 11 is 10.8. The maximum atomic E-state index is 13.6. The van der Waals surface area contributed by atoms with Crippen LogP contribution in [0.2, 0.25) is 0 Å². The van der Waals surface area contributed by atoms with Crippen LogP contribution in [-0.4, -0.2) is 19.9 Å². The fourth-order valence-corrected chi connectivity index (χ4v) is 2.16. The second kappa shape index (κ2) is 6.57. The molecule has 0 fully saturated rings. The van der Waals surface area contributed by atoms with Crippen molar-refractivity contribution in [3.8, 4) is 5.75 Å². The fourth-order valence-electron chi connectivity index (χ4n) is 1.15. The number of hydrogen-bond acceptors (Lipinski definition) is 5. The smallest absolute Gasteiger partial charge is 0.312 e. The molecule has 6 nitrogen and oxygen atoms in total. The van der Waals surface area contributed by atoms with Crippen molar-refractivity contribution in [2.45, 2.75) is 4.90 Å². The predicted octanol–water partition coefficient (Wildman–Crippen LogP) is 3.36. The van der Waals surface area contributed by atoms with Gasteiger partial charge in [0.15, 0.2) is 5.75 Å². The molecular formula is C9H5Cl3FNO5S. The van der Waals surface area contributed by atoms with Crippen LogP contribution < -0.4 is 4.74 Å². The van der Waals surface area contributed by atoms with Gasteiger partial charge in [-0.1, -0.05) is 23.2 Å². The van der Waals surface area contributed by atoms with E-state index in [1.165, 1.54) is 0 Å². The zero-order valence-electron chi connectivity index (χ0n) is 9.35. The Hall–Kier alpha value is -1.09. The van der Waals surface area contributed by atoms with Gasteiger partial charge in [-0.15, -0.1) is 0 Å². The Labute approximate surface area is 127 Å². The molecule has 0 spiro atoms. The normalized spacial score (nSPS) is 12.3. The number of halogens is 4. The van der Waals surface area contributed by atoms with Gasteiger partial charge in [-0.05, 0) is 0 Å². The van der Waals surface area contributed by atoms with E-state index in [1.54, 1.807) is 0 Å². The summed E-state index contributed by atoms with van der Waals surface area (Å²) in [7, 11) is 0.500. The second-order valence-corrected chi connectivity index (χ2v) is 6.53. The minimum atomic E-state index is -4.46. The summed E-state index contributed by atoms with van der Waals surface area (Å²) in [6.07, 6.45) is 0. The molecule has 1 aromatic carbocycles. The van der Waals surface area contributed by atoms with Gasteiger partial charge in [0.25, 0.3) is 9.05 Å². The first-order valence-corrected chi connectivity index (χ1v) is 7.79. The summed E-state index contributed by atoms with van der Waals surface area (Å²) in [4.78, 5) is 8.86. The van der Waals surface area contributed by atoms with E-state index in [0.717, 1.165) is 5.54 Å². The van der Waals surface area contributed by atoms with Crippen molar-refractivity contribution in [1.29, 1.82) is 0 Å². The average molecular weight is 365 g/mol. The quantitative estimate of drug-likeness (QED) is 0.454. The molecule has 11 heteroatoms. The molecule has 20 heavy (non-hydrogen) atoms. The Morgan fingerprint density at radius 3 is 2.55 bits per heavy atom. The van der Waals surface area contributed by atoms with Crippen LogP contribution in [0.1, 0.15) is 0 Å². The maximum absolute atomic E-state index is 13.6. The number of ether oxygens (including phenoxy) is 1. The lowest BCUT2D eigenvalue weighted by Crippen LogP contribution is -2.04. The average Bonchev–Trinajstić information content (AvgIpc) is 2.33. The highest BCUT2D eigenvalue weighted by Gasteiger charge is 2.25. The van der Waals surface area contributed by atoms with Crippen molar-refractivity contribution in [3.05, 3.63) is 38.6 Å². The third-order valence-electron chi connectivity index (χ3n) is 1.96. The van der Waals surface area contributed by atoms with Crippen LogP contribution in [0.15, 0.2) is 27.6 Å². The molecule has 0 N–H and O–H groups in total. The lowest BCUT2D eigenvalue weighted by molar-refractivity contribution is -0.386. The van der Waals surface area contributed by atoms with E-state index < -0.39 is 36.1 Å². The number of nitro groups is 1. The van der Waals surface area contributed by atoms with Gasteiger partial charge in [-0.2, -0.15) is 0 Å². The first kappa shape index (κ1) is 17.0. The van der Waals surface area contributed by atoms with E-state index in [4.69, 9.17) is 38.6 Å². The molecule has 0 saturated heterocycles. The van der Waals surface area contributed by atoms with Crippen LogP contribution >= 0.6 is 33.9 Å². The summed E-state index contributed by atoms with van der Waals surface area (Å²) < 4.78 is 40.6. The van der Waals surface area contributed by atoms with E-state index in [0.29, 0.717) is 12.1 Å². The summed E-state index contributed by atoms with van der Waals surface area (Å²) in [6, 6.07) is 0.997. The monoisotopic (exact) mass is 363 g/mol. The van der Waals surface area contributed by atoms with Crippen molar-refractivity contribution < 1.29 is 22.5 Å². The van der Waals surface area contributed by atoms with Crippen molar-refractivity contribution in [2.24, 2.45) is 0 Å². The number of rotatable bonds is 5. The molecule has 0 heterocycles. The highest BCUT2D eigenvalue weighted by atomic mass is 35.7. The maximum Gasteiger partial charge on any atom is 0.312 e. The van der Waals surface area contributed by atoms with Crippen LogP contribution in [0.4, 0.5) is 10.1 Å². The van der Waals surface area contributed by atoms with E-state index in [9.17, 15) is 22.9 Å². The summed E-state index contributed by atoms with van der Waals surface area (Å²) in [5.41, 5.74) is 0.186. The van der Waals surface area contributed by atoms with Crippen LogP contribution in [0, 0.1) is 15.9 Å². The van der Waals surface area contributed by atoms with Gasteiger partial charge in [0.2, 0.25) is 0 Å². The van der Waals surface area contributed by atoms with Crippen LogP contribution in [0.3, 0.4) is 0 Å². The molecule has 0 bridgehead atoms. The molecule has 0 aliphatic heterocycles. The number of nitro benzene ring substituents is 1. The second-order valence-electron chi connectivity index (χ2n) is 3.29. The van der Waals surface area contributed by atoms with Gasteiger partial charge in [0.1, 0.15) is 17.3 Å². The Balaban J connectivity index is 3.32. The third kappa shape index (κ3) is 4.20. The zero-order chi connectivity index (χ0) is 15.5. The van der Waals surface area contributed by atoms with Crippen LogP contribution in [0.5, 0.6) is 5.75 Å². The molecule has 0 aromatic heterocycles. The molecule has 0 aliphatic carbocycles. The topological polar surface area (TPSA) is 86.5 Å². The molecule has 110 valence electrons. The number of hydrogen-bond donors (Lipinski definition) is 0. The van der Waals surface area contributed by atoms with Crippen LogP contribution in [-0.2, 0) is 9.05 Å². The van der Waals surface area contributed by atoms with Gasteiger partial charge < -0.3 is 4.74 Å². The molecule has 0 saturated carbocycles. The van der Waals surface area contributed by atoms with Gasteiger partial charge in [0, 0.05) is 28.4 Å². The Morgan fingerprint density at radius 2 is 2.10 bits per heavy atom. The molecule has 1 rings (SSSR count). The molecular weight excluding hydrogens is 360 g/mol. The first-order chi connectivity index (χ1) is 9.16. The molecule has 0 unspecified atom stereocenters. The minimum Gasteiger partial charge on any atom is -0.481 e. The number of nitrogens with zero attached hydrogens (tertiary/aromatic N) is 1. The predicted molar refractivity (Wildman–Crippen MR) is 71.4 cm³/mol. The van der Waals surface area contributed by atoms with Gasteiger partial charge in [0.05, 0.1) is 9.96 Å². The Morgan fingerprint density at radius 1 is 1.50 bits per heavy atom. The van der Waals surface area contributed by atoms with Crippen molar-refractivity contribution in [1.82, 2.24) is 0 Å². The third-order valence-corrected chi connectivity index (χ3v) is 3.89. The summed E-state index contributed by atoms with van der Waals surface area (Å²) in [5, 5.41) is 10.8. The van der Waals surface area contributed by atoms with Gasteiger partial charge in [-0.3, -0.25) is 10.1 Å². The van der Waals surface area contributed by atoms with E-state index in [1.807, 2.05) is 0 Å². The van der Waals surface area contributed by atoms with E-state index in [-0.39, 0.29) is 11.6 Å². The van der Waals surface area contributed by atoms with E-state index in [2.05, 4.69) is 0 Å². The Bertz CT molecular complexity index is 676. The van der Waals surface area contributed by atoms with Crippen LogP contribution in [0.25, 0.3) is 0 Å². The lowest BCUT2D eigenvalue weighted by atomic mass is 10.3. The molecule has 1 aromatic rings. The highest BCUT2D eigenvalue weighted by molar-refractivity contribution is 8.13. The summed E-state index contributed by atoms with van der Waals surface area (Å²) in [5.74, 6) is -1.79. The van der Waals surface area contributed by atoms with Gasteiger partial charge >= 0.3 is 5.69 Å². The van der Waals surface area contributed by atoms with Crippen molar-refractivity contribution in [3.63, 3.8) is 0 Å². The fraction of sp³-hybridized carbons (Fsp3) is 0.111. The lowest BCUT2D eigenvalue weighted by Gasteiger charge is -2.07. The first-order valence-electron chi connectivity index (χ1n) is 4.67. The zero-order valence-corrected chi connectivity index (χ0v) is 12.4. The molecule has 0 radical (unpaired) electrons. The molecule has 0 atom stereocenters. The minimum absolute atomic E-state index is 0.00964.